The first-order valence-electron chi connectivity index (χ1n) is 23.1. The molecule has 6 aliphatic carbocycles. The van der Waals surface area contributed by atoms with Crippen LogP contribution in [0, 0.1) is 0 Å². The predicted octanol–water partition coefficient (Wildman–Crippen LogP) is 15.9. The second kappa shape index (κ2) is 14.9. The van der Waals surface area contributed by atoms with Gasteiger partial charge in [0.05, 0.1) is 11.1 Å². The highest BCUT2D eigenvalue weighted by atomic mass is 16.6. The predicted molar refractivity (Wildman–Crippen MR) is 260 cm³/mol. The lowest BCUT2D eigenvalue weighted by atomic mass is 9.70. The lowest BCUT2D eigenvalue weighted by Gasteiger charge is -2.35. The van der Waals surface area contributed by atoms with Crippen LogP contribution in [0.4, 0.5) is 5.69 Å². The fraction of sp³-hybridized carbons (Fsp3) is 0.148. The van der Waals surface area contributed by atoms with Crippen LogP contribution in [0.15, 0.2) is 228 Å². The Morgan fingerprint density at radius 1 is 0.531 bits per heavy atom. The van der Waals surface area contributed by atoms with E-state index in [0.717, 1.165) is 79.3 Å². The van der Waals surface area contributed by atoms with Gasteiger partial charge in [0.1, 0.15) is 0 Å². The van der Waals surface area contributed by atoms with Crippen LogP contribution >= 0.6 is 0 Å². The number of benzene rings is 6. The Labute approximate surface area is 375 Å². The molecular formula is C61H47NO2. The Morgan fingerprint density at radius 3 is 1.92 bits per heavy atom. The molecule has 0 amide bonds. The van der Waals surface area contributed by atoms with Crippen molar-refractivity contribution in [1.29, 1.82) is 0 Å². The minimum Gasteiger partial charge on any atom is -0.449 e. The molecule has 0 N–H and O–H groups in total. The standard InChI is InChI=1S/C61H47NO2/c1-3-15-40(16-4-1)42-29-31-44(32-30-42)45-19-13-20-47(37-45)62(46-35-33-43(34-36-46)41-17-5-2-6-18-41)56-27-14-28-57-60(56)64-58-38-51-50-23-9-12-26-54(50)61(55(51)39-59(58)63-57)52-24-10-7-21-48(52)49-22-8-11-25-53(49)61/h1-3,5-12,14-15,17-19,21-29,31,33,35-39,43H,4,13,16,20,30,32,34H2. The number of allylic oxidation sites excluding steroid dienone is 15. The summed E-state index contributed by atoms with van der Waals surface area (Å²) in [6, 6.07) is 48.6. The van der Waals surface area contributed by atoms with Crippen LogP contribution in [-0.2, 0) is 5.41 Å². The normalized spacial score (nSPS) is 19.2. The summed E-state index contributed by atoms with van der Waals surface area (Å²) >= 11 is 0. The lowest BCUT2D eigenvalue weighted by Crippen LogP contribution is -2.26. The highest BCUT2D eigenvalue weighted by molar-refractivity contribution is 5.96. The minimum absolute atomic E-state index is 0.328. The highest BCUT2D eigenvalue weighted by Gasteiger charge is 2.52. The molecule has 0 fully saturated rings. The molecule has 308 valence electrons. The van der Waals surface area contributed by atoms with Crippen LogP contribution in [0.1, 0.15) is 78.7 Å². The maximum atomic E-state index is 7.22. The molecule has 0 bridgehead atoms. The van der Waals surface area contributed by atoms with Gasteiger partial charge in [-0.05, 0) is 154 Å². The Hall–Kier alpha value is -7.36. The molecule has 1 atom stereocenters. The summed E-state index contributed by atoms with van der Waals surface area (Å²) in [6.07, 6.45) is 30.7. The smallest absolute Gasteiger partial charge is 0.194 e. The summed E-state index contributed by atoms with van der Waals surface area (Å²) in [7, 11) is 0. The number of hydrogen-bond donors (Lipinski definition) is 0. The maximum absolute atomic E-state index is 7.22. The molecule has 64 heavy (non-hydrogen) atoms. The molecule has 0 aromatic heterocycles. The summed E-state index contributed by atoms with van der Waals surface area (Å²) in [5, 5.41) is 0. The van der Waals surface area contributed by atoms with Crippen LogP contribution in [0.2, 0.25) is 0 Å². The zero-order valence-electron chi connectivity index (χ0n) is 35.8. The van der Waals surface area contributed by atoms with Crippen molar-refractivity contribution in [3.63, 3.8) is 0 Å². The number of hydrogen-bond acceptors (Lipinski definition) is 3. The first kappa shape index (κ1) is 37.2. The van der Waals surface area contributed by atoms with Crippen molar-refractivity contribution in [3.05, 3.63) is 256 Å². The van der Waals surface area contributed by atoms with Gasteiger partial charge in [0.25, 0.3) is 0 Å². The van der Waals surface area contributed by atoms with E-state index in [1.165, 1.54) is 78.1 Å². The lowest BCUT2D eigenvalue weighted by molar-refractivity contribution is 0.360. The maximum Gasteiger partial charge on any atom is 0.194 e. The molecule has 1 spiro atoms. The van der Waals surface area contributed by atoms with E-state index >= 15 is 0 Å². The molecule has 3 heteroatoms. The first-order valence-corrected chi connectivity index (χ1v) is 23.1. The van der Waals surface area contributed by atoms with E-state index in [2.05, 4.69) is 199 Å². The summed E-state index contributed by atoms with van der Waals surface area (Å²) in [6.45, 7) is 0. The molecule has 13 rings (SSSR count). The van der Waals surface area contributed by atoms with Gasteiger partial charge in [-0.15, -0.1) is 0 Å². The van der Waals surface area contributed by atoms with Gasteiger partial charge < -0.3 is 14.4 Å². The Balaban J connectivity index is 0.912. The SMILES string of the molecule is C1=CCCC(C2=CC=C(C3=CCCC(N(C4=CCC(c5ccccc5)C=C4)c4cccc5c4Oc4cc6c(cc4O5)C4(c5ccccc5-c5ccccc54)c4ccccc4-6)=C3)CC2)=C1. The molecule has 7 aliphatic rings. The number of para-hydroxylation sites is 1. The third kappa shape index (κ3) is 5.73. The number of nitrogens with zero attached hydrogens (tertiary/aromatic N) is 1. The molecule has 1 aliphatic heterocycles. The summed E-state index contributed by atoms with van der Waals surface area (Å²) in [5.74, 6) is 3.27. The number of anilines is 1. The van der Waals surface area contributed by atoms with Crippen molar-refractivity contribution >= 4 is 5.69 Å². The number of ether oxygens (including phenoxy) is 2. The average molecular weight is 826 g/mol. The van der Waals surface area contributed by atoms with Gasteiger partial charge in [-0.25, -0.2) is 0 Å². The van der Waals surface area contributed by atoms with Crippen molar-refractivity contribution in [3.8, 4) is 45.3 Å². The van der Waals surface area contributed by atoms with Crippen LogP contribution in [0.25, 0.3) is 22.3 Å². The van der Waals surface area contributed by atoms with E-state index in [1.807, 2.05) is 0 Å². The molecule has 1 heterocycles. The van der Waals surface area contributed by atoms with Crippen molar-refractivity contribution in [2.24, 2.45) is 0 Å². The summed E-state index contributed by atoms with van der Waals surface area (Å²) in [5.41, 5.74) is 20.2. The van der Waals surface area contributed by atoms with Crippen LogP contribution < -0.4 is 14.4 Å². The van der Waals surface area contributed by atoms with Crippen molar-refractivity contribution in [2.75, 3.05) is 4.90 Å². The monoisotopic (exact) mass is 825 g/mol. The van der Waals surface area contributed by atoms with Crippen LogP contribution in [0.5, 0.6) is 23.0 Å². The number of fused-ring (bicyclic) bond motifs is 12. The largest absolute Gasteiger partial charge is 0.449 e. The van der Waals surface area contributed by atoms with Gasteiger partial charge in [0.15, 0.2) is 23.0 Å². The van der Waals surface area contributed by atoms with Crippen molar-refractivity contribution in [2.45, 2.75) is 56.3 Å². The Morgan fingerprint density at radius 2 is 1.22 bits per heavy atom. The Kier molecular flexibility index (Phi) is 8.66. The van der Waals surface area contributed by atoms with Gasteiger partial charge in [0.2, 0.25) is 0 Å². The zero-order chi connectivity index (χ0) is 42.2. The van der Waals surface area contributed by atoms with Gasteiger partial charge in [-0.3, -0.25) is 0 Å². The first-order chi connectivity index (χ1) is 31.7. The third-order valence-electron chi connectivity index (χ3n) is 14.6. The van der Waals surface area contributed by atoms with E-state index < -0.39 is 5.41 Å². The minimum atomic E-state index is -0.456. The number of rotatable bonds is 6. The van der Waals surface area contributed by atoms with Gasteiger partial charge >= 0.3 is 0 Å². The molecule has 6 aromatic carbocycles. The van der Waals surface area contributed by atoms with Crippen LogP contribution in [0.3, 0.4) is 0 Å². The second-order valence-corrected chi connectivity index (χ2v) is 18.0. The highest BCUT2D eigenvalue weighted by Crippen LogP contribution is 2.65. The summed E-state index contributed by atoms with van der Waals surface area (Å²) in [4.78, 5) is 2.45. The molecule has 3 nitrogen and oxygen atoms in total. The Bertz CT molecular complexity index is 3160. The topological polar surface area (TPSA) is 21.7 Å². The molecule has 1 unspecified atom stereocenters. The van der Waals surface area contributed by atoms with Crippen LogP contribution in [-0.4, -0.2) is 0 Å². The fourth-order valence-corrected chi connectivity index (χ4v) is 11.6. The van der Waals surface area contributed by atoms with E-state index in [-0.39, 0.29) is 0 Å². The molecule has 0 saturated heterocycles. The second-order valence-electron chi connectivity index (χ2n) is 18.0. The van der Waals surface area contributed by atoms with E-state index in [4.69, 9.17) is 9.47 Å². The van der Waals surface area contributed by atoms with E-state index in [9.17, 15) is 0 Å². The van der Waals surface area contributed by atoms with Gasteiger partial charge in [0, 0.05) is 17.3 Å². The molecule has 0 saturated carbocycles. The van der Waals surface area contributed by atoms with Crippen molar-refractivity contribution < 1.29 is 9.47 Å². The summed E-state index contributed by atoms with van der Waals surface area (Å²) < 4.78 is 14.3. The van der Waals surface area contributed by atoms with Crippen molar-refractivity contribution in [1.82, 2.24) is 0 Å². The van der Waals surface area contributed by atoms with Gasteiger partial charge in [-0.2, -0.15) is 0 Å². The zero-order valence-corrected chi connectivity index (χ0v) is 35.8. The molecule has 6 aromatic rings. The van der Waals surface area contributed by atoms with E-state index in [1.54, 1.807) is 0 Å². The average Bonchev–Trinajstić information content (AvgIpc) is 3.83. The third-order valence-corrected chi connectivity index (χ3v) is 14.6. The molecular weight excluding hydrogens is 779 g/mol. The van der Waals surface area contributed by atoms with E-state index in [0.29, 0.717) is 5.92 Å². The quantitative estimate of drug-likeness (QED) is 0.167. The van der Waals surface area contributed by atoms with Gasteiger partial charge in [-0.1, -0.05) is 158 Å². The molecule has 0 radical (unpaired) electrons. The fourth-order valence-electron chi connectivity index (χ4n) is 11.6.